The van der Waals surface area contributed by atoms with Crippen molar-refractivity contribution < 1.29 is 13.9 Å². The maximum Gasteiger partial charge on any atom is 0.225 e. The fraction of sp³-hybridized carbons (Fsp3) is 0.400. The Labute approximate surface area is 159 Å². The van der Waals surface area contributed by atoms with E-state index in [4.69, 9.17) is 9.15 Å². The summed E-state index contributed by atoms with van der Waals surface area (Å²) in [6.45, 7) is 2.53. The van der Waals surface area contributed by atoms with Crippen molar-refractivity contribution in [2.45, 2.75) is 25.4 Å². The fourth-order valence-corrected chi connectivity index (χ4v) is 3.07. The minimum Gasteiger partial charge on any atom is -0.467 e. The average molecular weight is 370 g/mol. The highest BCUT2D eigenvalue weighted by molar-refractivity contribution is 5.94. The fourth-order valence-electron chi connectivity index (χ4n) is 3.07. The first kappa shape index (κ1) is 19.0. The van der Waals surface area contributed by atoms with Gasteiger partial charge in [-0.15, -0.1) is 0 Å². The monoisotopic (exact) mass is 370 g/mol. The number of furan rings is 1. The molecule has 1 unspecified atom stereocenters. The van der Waals surface area contributed by atoms with Gasteiger partial charge in [0.1, 0.15) is 12.4 Å². The number of benzene rings is 1. The first-order chi connectivity index (χ1) is 13.3. The number of para-hydroxylation sites is 1. The lowest BCUT2D eigenvalue weighted by molar-refractivity contribution is -0.116. The van der Waals surface area contributed by atoms with E-state index in [1.54, 1.807) is 13.3 Å². The smallest absolute Gasteiger partial charge is 0.225 e. The zero-order valence-electron chi connectivity index (χ0n) is 15.5. The molecule has 0 aliphatic carbocycles. The number of nitrogens with one attached hydrogen (secondary N) is 3. The Balaban J connectivity index is 1.37. The van der Waals surface area contributed by atoms with E-state index >= 15 is 0 Å². The summed E-state index contributed by atoms with van der Waals surface area (Å²) in [5.41, 5.74) is 2.06. The summed E-state index contributed by atoms with van der Waals surface area (Å²) in [5, 5.41) is 9.51. The molecule has 1 aliphatic heterocycles. The van der Waals surface area contributed by atoms with Crippen molar-refractivity contribution >= 4 is 17.6 Å². The second kappa shape index (κ2) is 9.78. The van der Waals surface area contributed by atoms with Gasteiger partial charge < -0.3 is 25.1 Å². The van der Waals surface area contributed by atoms with Gasteiger partial charge in [0.05, 0.1) is 6.26 Å². The van der Waals surface area contributed by atoms with Crippen molar-refractivity contribution in [2.75, 3.05) is 32.1 Å². The Kier molecular flexibility index (Phi) is 6.87. The van der Waals surface area contributed by atoms with E-state index in [1.165, 1.54) is 0 Å². The molecule has 1 aliphatic rings. The topological polar surface area (TPSA) is 87.9 Å². The van der Waals surface area contributed by atoms with Crippen LogP contribution < -0.4 is 16.0 Å². The van der Waals surface area contributed by atoms with Crippen molar-refractivity contribution in [3.63, 3.8) is 0 Å². The number of rotatable bonds is 8. The Hall–Kier alpha value is -2.80. The van der Waals surface area contributed by atoms with Crippen LogP contribution in [-0.2, 0) is 16.1 Å². The number of aliphatic imine (C=N–C) groups is 1. The summed E-state index contributed by atoms with van der Waals surface area (Å²) in [6, 6.07) is 11.7. The predicted molar refractivity (Wildman–Crippen MR) is 105 cm³/mol. The van der Waals surface area contributed by atoms with Crippen LogP contribution in [0.25, 0.3) is 0 Å². The molecule has 1 amide bonds. The SMILES string of the molecule is CN=C(NCCCOCc1ccco1)NCC1CC(=O)Nc2ccccc21. The van der Waals surface area contributed by atoms with Gasteiger partial charge in [-0.25, -0.2) is 0 Å². The molecule has 1 aromatic carbocycles. The van der Waals surface area contributed by atoms with Crippen molar-refractivity contribution in [1.82, 2.24) is 10.6 Å². The van der Waals surface area contributed by atoms with E-state index in [9.17, 15) is 4.79 Å². The standard InChI is InChI=1S/C20H26N4O3/c1-21-20(22-9-5-10-26-14-16-6-4-11-27-16)23-13-15-12-19(25)24-18-8-3-2-7-17(15)18/h2-4,6-8,11,15H,5,9-10,12-14H2,1H3,(H,24,25)(H2,21,22,23). The van der Waals surface area contributed by atoms with Gasteiger partial charge in [0.25, 0.3) is 0 Å². The zero-order chi connectivity index (χ0) is 18.9. The average Bonchev–Trinajstić information content (AvgIpc) is 3.20. The molecule has 3 rings (SSSR count). The Bertz CT molecular complexity index is 758. The Morgan fingerprint density at radius 3 is 3.00 bits per heavy atom. The molecule has 7 nitrogen and oxygen atoms in total. The van der Waals surface area contributed by atoms with E-state index in [1.807, 2.05) is 30.3 Å². The summed E-state index contributed by atoms with van der Waals surface area (Å²) < 4.78 is 10.8. The van der Waals surface area contributed by atoms with E-state index in [2.05, 4.69) is 27.0 Å². The van der Waals surface area contributed by atoms with Crippen LogP contribution in [0.15, 0.2) is 52.1 Å². The second-order valence-corrected chi connectivity index (χ2v) is 6.40. The third kappa shape index (κ3) is 5.59. The van der Waals surface area contributed by atoms with Crippen molar-refractivity contribution in [1.29, 1.82) is 0 Å². The molecule has 144 valence electrons. The van der Waals surface area contributed by atoms with Crippen molar-refractivity contribution in [2.24, 2.45) is 4.99 Å². The molecular formula is C20H26N4O3. The van der Waals surface area contributed by atoms with Gasteiger partial charge in [-0.05, 0) is 30.2 Å². The maximum absolute atomic E-state index is 11.9. The van der Waals surface area contributed by atoms with Gasteiger partial charge in [-0.2, -0.15) is 0 Å². The summed E-state index contributed by atoms with van der Waals surface area (Å²) >= 11 is 0. The zero-order valence-corrected chi connectivity index (χ0v) is 15.5. The lowest BCUT2D eigenvalue weighted by atomic mass is 9.90. The van der Waals surface area contributed by atoms with Gasteiger partial charge in [0.2, 0.25) is 5.91 Å². The van der Waals surface area contributed by atoms with E-state index in [0.29, 0.717) is 26.2 Å². The van der Waals surface area contributed by atoms with Crippen LogP contribution in [0.3, 0.4) is 0 Å². The van der Waals surface area contributed by atoms with Gasteiger partial charge in [0, 0.05) is 44.8 Å². The highest BCUT2D eigenvalue weighted by atomic mass is 16.5. The maximum atomic E-state index is 11.9. The number of hydrogen-bond acceptors (Lipinski definition) is 4. The summed E-state index contributed by atoms with van der Waals surface area (Å²) in [6.07, 6.45) is 2.97. The first-order valence-electron chi connectivity index (χ1n) is 9.19. The highest BCUT2D eigenvalue weighted by Gasteiger charge is 2.24. The Morgan fingerprint density at radius 1 is 1.30 bits per heavy atom. The highest BCUT2D eigenvalue weighted by Crippen LogP contribution is 2.31. The molecule has 0 spiro atoms. The van der Waals surface area contributed by atoms with Crippen LogP contribution in [-0.4, -0.2) is 38.6 Å². The largest absolute Gasteiger partial charge is 0.467 e. The molecule has 0 saturated carbocycles. The van der Waals surface area contributed by atoms with E-state index < -0.39 is 0 Å². The minimum absolute atomic E-state index is 0.0529. The quantitative estimate of drug-likeness (QED) is 0.377. The molecule has 2 heterocycles. The van der Waals surface area contributed by atoms with E-state index in [0.717, 1.165) is 35.9 Å². The molecular weight excluding hydrogens is 344 g/mol. The number of hydrogen-bond donors (Lipinski definition) is 3. The van der Waals surface area contributed by atoms with Gasteiger partial charge in [-0.3, -0.25) is 9.79 Å². The van der Waals surface area contributed by atoms with Crippen molar-refractivity contribution in [3.8, 4) is 0 Å². The third-order valence-corrected chi connectivity index (χ3v) is 4.43. The molecule has 0 radical (unpaired) electrons. The molecule has 1 atom stereocenters. The van der Waals surface area contributed by atoms with Crippen LogP contribution in [0, 0.1) is 0 Å². The molecule has 7 heteroatoms. The summed E-state index contributed by atoms with van der Waals surface area (Å²) in [7, 11) is 1.74. The number of guanidine groups is 1. The lowest BCUT2D eigenvalue weighted by Crippen LogP contribution is -2.41. The van der Waals surface area contributed by atoms with Gasteiger partial charge in [0.15, 0.2) is 5.96 Å². The predicted octanol–water partition coefficient (Wildman–Crippen LogP) is 2.48. The number of fused-ring (bicyclic) bond motifs is 1. The third-order valence-electron chi connectivity index (χ3n) is 4.43. The normalized spacial score (nSPS) is 16.6. The van der Waals surface area contributed by atoms with Crippen LogP contribution in [0.5, 0.6) is 0 Å². The number of carbonyl (C=O) groups is 1. The van der Waals surface area contributed by atoms with Crippen LogP contribution >= 0.6 is 0 Å². The molecule has 0 fully saturated rings. The number of nitrogens with zero attached hydrogens (tertiary/aromatic N) is 1. The summed E-state index contributed by atoms with van der Waals surface area (Å²) in [5.74, 6) is 1.74. The van der Waals surface area contributed by atoms with Crippen LogP contribution in [0.2, 0.25) is 0 Å². The van der Waals surface area contributed by atoms with Gasteiger partial charge in [-0.1, -0.05) is 18.2 Å². The van der Waals surface area contributed by atoms with Crippen LogP contribution in [0.4, 0.5) is 5.69 Å². The molecule has 0 bridgehead atoms. The number of ether oxygens (including phenoxy) is 1. The minimum atomic E-state index is 0.0529. The molecule has 2 aromatic rings. The molecule has 0 saturated heterocycles. The molecule has 3 N–H and O–H groups in total. The van der Waals surface area contributed by atoms with Crippen LogP contribution in [0.1, 0.15) is 30.1 Å². The molecule has 27 heavy (non-hydrogen) atoms. The van der Waals surface area contributed by atoms with Gasteiger partial charge >= 0.3 is 0 Å². The molecule has 1 aromatic heterocycles. The number of anilines is 1. The summed E-state index contributed by atoms with van der Waals surface area (Å²) in [4.78, 5) is 16.1. The Morgan fingerprint density at radius 2 is 2.19 bits per heavy atom. The number of amides is 1. The van der Waals surface area contributed by atoms with E-state index in [-0.39, 0.29) is 11.8 Å². The first-order valence-corrected chi connectivity index (χ1v) is 9.19. The van der Waals surface area contributed by atoms with Crippen molar-refractivity contribution in [3.05, 3.63) is 54.0 Å². The number of carbonyl (C=O) groups excluding carboxylic acids is 1. The lowest BCUT2D eigenvalue weighted by Gasteiger charge is -2.26. The second-order valence-electron chi connectivity index (χ2n) is 6.40.